The van der Waals surface area contributed by atoms with Crippen LogP contribution in [0, 0.1) is 6.92 Å². The minimum Gasteiger partial charge on any atom is -0.492 e. The number of aliphatic hydroxyl groups excluding tert-OH is 1. The predicted molar refractivity (Wildman–Crippen MR) is 61.3 cm³/mol. The summed E-state index contributed by atoms with van der Waals surface area (Å²) in [6.45, 7) is 4.40. The van der Waals surface area contributed by atoms with Gasteiger partial charge in [0.15, 0.2) is 0 Å². The molecule has 0 unspecified atom stereocenters. The zero-order valence-corrected chi connectivity index (χ0v) is 9.44. The molecule has 3 heteroatoms. The van der Waals surface area contributed by atoms with Crippen molar-refractivity contribution < 1.29 is 9.84 Å². The molecule has 0 amide bonds. The third-order valence-corrected chi connectivity index (χ3v) is 2.31. The van der Waals surface area contributed by atoms with Crippen LogP contribution in [-0.2, 0) is 0 Å². The van der Waals surface area contributed by atoms with Crippen molar-refractivity contribution in [3.63, 3.8) is 0 Å². The number of aliphatic hydroxyl groups is 1. The molecule has 1 aromatic carbocycles. The van der Waals surface area contributed by atoms with Crippen LogP contribution in [0.15, 0.2) is 24.3 Å². The topological polar surface area (TPSA) is 32.7 Å². The predicted octanol–water partition coefficient (Wildman–Crippen LogP) is 1.30. The maximum absolute atomic E-state index is 8.71. The van der Waals surface area contributed by atoms with Crippen LogP contribution >= 0.6 is 0 Å². The molecule has 0 fully saturated rings. The molecule has 1 rings (SSSR count). The lowest BCUT2D eigenvalue weighted by Crippen LogP contribution is -2.27. The zero-order valence-electron chi connectivity index (χ0n) is 9.44. The second-order valence-corrected chi connectivity index (χ2v) is 3.64. The van der Waals surface area contributed by atoms with Gasteiger partial charge in [0.25, 0.3) is 0 Å². The average molecular weight is 209 g/mol. The highest BCUT2D eigenvalue weighted by Gasteiger charge is 1.99. The van der Waals surface area contributed by atoms with Gasteiger partial charge >= 0.3 is 0 Å². The van der Waals surface area contributed by atoms with Crippen molar-refractivity contribution in [1.82, 2.24) is 4.90 Å². The summed E-state index contributed by atoms with van der Waals surface area (Å²) in [5.41, 5.74) is 1.15. The third-order valence-electron chi connectivity index (χ3n) is 2.31. The van der Waals surface area contributed by atoms with E-state index in [9.17, 15) is 0 Å². The first-order chi connectivity index (χ1) is 7.24. The average Bonchev–Trinajstić information content (AvgIpc) is 2.21. The molecule has 0 aliphatic carbocycles. The Morgan fingerprint density at radius 1 is 1.27 bits per heavy atom. The summed E-state index contributed by atoms with van der Waals surface area (Å²) >= 11 is 0. The summed E-state index contributed by atoms with van der Waals surface area (Å²) in [4.78, 5) is 2.04. The second kappa shape index (κ2) is 6.43. The Labute approximate surface area is 91.3 Å². The van der Waals surface area contributed by atoms with Crippen LogP contribution in [0.25, 0.3) is 0 Å². The Morgan fingerprint density at radius 2 is 2.00 bits per heavy atom. The number of hydrogen-bond acceptors (Lipinski definition) is 3. The molecule has 15 heavy (non-hydrogen) atoms. The van der Waals surface area contributed by atoms with Gasteiger partial charge in [0.2, 0.25) is 0 Å². The van der Waals surface area contributed by atoms with Gasteiger partial charge in [-0.15, -0.1) is 0 Å². The number of rotatable bonds is 6. The van der Waals surface area contributed by atoms with Gasteiger partial charge in [-0.05, 0) is 25.6 Å². The quantitative estimate of drug-likeness (QED) is 0.766. The lowest BCUT2D eigenvalue weighted by Gasteiger charge is -2.16. The molecule has 0 atom stereocenters. The van der Waals surface area contributed by atoms with Gasteiger partial charge in [-0.25, -0.2) is 0 Å². The monoisotopic (exact) mass is 209 g/mol. The molecule has 0 saturated carbocycles. The summed E-state index contributed by atoms with van der Waals surface area (Å²) in [7, 11) is 1.97. The molecule has 84 valence electrons. The van der Waals surface area contributed by atoms with Gasteiger partial charge in [0.1, 0.15) is 12.4 Å². The van der Waals surface area contributed by atoms with Gasteiger partial charge in [0, 0.05) is 13.1 Å². The van der Waals surface area contributed by atoms with Crippen molar-refractivity contribution in [3.8, 4) is 5.75 Å². The molecule has 0 radical (unpaired) electrons. The number of aryl methyl sites for hydroxylation is 1. The van der Waals surface area contributed by atoms with Crippen molar-refractivity contribution in [2.75, 3.05) is 33.4 Å². The SMILES string of the molecule is Cc1ccccc1OCCN(C)CCO. The number of likely N-dealkylation sites (N-methyl/N-ethyl adjacent to an activating group) is 1. The third kappa shape index (κ3) is 4.32. The molecule has 0 aliphatic rings. The molecule has 0 bridgehead atoms. The van der Waals surface area contributed by atoms with E-state index in [4.69, 9.17) is 9.84 Å². The van der Waals surface area contributed by atoms with Crippen LogP contribution in [0.5, 0.6) is 5.75 Å². The molecule has 0 spiro atoms. The number of hydrogen-bond donors (Lipinski definition) is 1. The first-order valence-electron chi connectivity index (χ1n) is 5.22. The van der Waals surface area contributed by atoms with Gasteiger partial charge in [-0.3, -0.25) is 0 Å². The molecule has 3 nitrogen and oxygen atoms in total. The van der Waals surface area contributed by atoms with Gasteiger partial charge in [0.05, 0.1) is 6.61 Å². The normalized spacial score (nSPS) is 10.7. The molecule has 0 aromatic heterocycles. The first-order valence-corrected chi connectivity index (χ1v) is 5.22. The molecule has 0 heterocycles. The molecular weight excluding hydrogens is 190 g/mol. The minimum absolute atomic E-state index is 0.195. The van der Waals surface area contributed by atoms with E-state index in [0.29, 0.717) is 13.2 Å². The molecular formula is C12H19NO2. The van der Waals surface area contributed by atoms with E-state index in [0.717, 1.165) is 17.9 Å². The Hall–Kier alpha value is -1.06. The van der Waals surface area contributed by atoms with Crippen molar-refractivity contribution in [2.24, 2.45) is 0 Å². The van der Waals surface area contributed by atoms with Crippen LogP contribution in [0.1, 0.15) is 5.56 Å². The van der Waals surface area contributed by atoms with Crippen LogP contribution < -0.4 is 4.74 Å². The van der Waals surface area contributed by atoms with Crippen LogP contribution in [0.2, 0.25) is 0 Å². The number of ether oxygens (including phenoxy) is 1. The van der Waals surface area contributed by atoms with Crippen LogP contribution in [0.3, 0.4) is 0 Å². The number of benzene rings is 1. The van der Waals surface area contributed by atoms with E-state index in [1.807, 2.05) is 43.1 Å². The van der Waals surface area contributed by atoms with Crippen molar-refractivity contribution in [1.29, 1.82) is 0 Å². The summed E-state index contributed by atoms with van der Waals surface area (Å²) in [6.07, 6.45) is 0. The minimum atomic E-state index is 0.195. The highest BCUT2D eigenvalue weighted by atomic mass is 16.5. The first kappa shape index (κ1) is 12.0. The summed E-state index contributed by atoms with van der Waals surface area (Å²) in [6, 6.07) is 7.98. The lowest BCUT2D eigenvalue weighted by atomic mass is 10.2. The standard InChI is InChI=1S/C12H19NO2/c1-11-5-3-4-6-12(11)15-10-8-13(2)7-9-14/h3-6,14H,7-10H2,1-2H3. The van der Waals surface area contributed by atoms with Gasteiger partial charge in [-0.1, -0.05) is 18.2 Å². The smallest absolute Gasteiger partial charge is 0.122 e. The van der Waals surface area contributed by atoms with Crippen LogP contribution in [-0.4, -0.2) is 43.4 Å². The Bertz CT molecular complexity index is 289. The van der Waals surface area contributed by atoms with Crippen molar-refractivity contribution in [2.45, 2.75) is 6.92 Å². The van der Waals surface area contributed by atoms with E-state index in [-0.39, 0.29) is 6.61 Å². The van der Waals surface area contributed by atoms with Crippen molar-refractivity contribution in [3.05, 3.63) is 29.8 Å². The molecule has 1 N–H and O–H groups in total. The maximum Gasteiger partial charge on any atom is 0.122 e. The van der Waals surface area contributed by atoms with E-state index in [1.54, 1.807) is 0 Å². The number of para-hydroxylation sites is 1. The second-order valence-electron chi connectivity index (χ2n) is 3.64. The Balaban J connectivity index is 2.29. The summed E-state index contributed by atoms with van der Waals surface area (Å²) in [5, 5.41) is 8.71. The largest absolute Gasteiger partial charge is 0.492 e. The van der Waals surface area contributed by atoms with Gasteiger partial charge in [-0.2, -0.15) is 0 Å². The van der Waals surface area contributed by atoms with E-state index in [2.05, 4.69) is 0 Å². The highest BCUT2D eigenvalue weighted by molar-refractivity contribution is 5.31. The van der Waals surface area contributed by atoms with Gasteiger partial charge < -0.3 is 14.7 Å². The fourth-order valence-electron chi connectivity index (χ4n) is 1.31. The van der Waals surface area contributed by atoms with Crippen molar-refractivity contribution >= 4 is 0 Å². The summed E-state index contributed by atoms with van der Waals surface area (Å²) < 4.78 is 5.63. The maximum atomic E-state index is 8.71. The fraction of sp³-hybridized carbons (Fsp3) is 0.500. The Kier molecular flexibility index (Phi) is 5.15. The zero-order chi connectivity index (χ0) is 11.1. The van der Waals surface area contributed by atoms with E-state index < -0.39 is 0 Å². The Morgan fingerprint density at radius 3 is 2.67 bits per heavy atom. The lowest BCUT2D eigenvalue weighted by molar-refractivity contribution is 0.192. The summed E-state index contributed by atoms with van der Waals surface area (Å²) in [5.74, 6) is 0.940. The van der Waals surface area contributed by atoms with Crippen LogP contribution in [0.4, 0.5) is 0 Å². The van der Waals surface area contributed by atoms with E-state index in [1.165, 1.54) is 0 Å². The highest BCUT2D eigenvalue weighted by Crippen LogP contribution is 2.15. The molecule has 0 saturated heterocycles. The van der Waals surface area contributed by atoms with E-state index >= 15 is 0 Å². The number of nitrogens with zero attached hydrogens (tertiary/aromatic N) is 1. The fourth-order valence-corrected chi connectivity index (χ4v) is 1.31. The molecule has 1 aromatic rings. The molecule has 0 aliphatic heterocycles.